The highest BCUT2D eigenvalue weighted by Gasteiger charge is 2.35. The highest BCUT2D eigenvalue weighted by molar-refractivity contribution is 7.18. The standard InChI is InChI=1S/C17H26N2OS/c1-10(2)14(20)15-13(18)12(11-5-6-11)16(21-15)19-9-17(3)7-4-8-17/h10-11,19H,4-9,18H2,1-3H3. The SMILES string of the molecule is CC(C)C(=O)c1sc(NCC2(C)CCC2)c(C2CC2)c1N. The second-order valence-corrected chi connectivity index (χ2v) is 8.42. The molecule has 1 aromatic heterocycles. The molecule has 2 saturated carbocycles. The van der Waals surface area contributed by atoms with Crippen LogP contribution in [0.15, 0.2) is 0 Å². The summed E-state index contributed by atoms with van der Waals surface area (Å²) in [5, 5.41) is 4.78. The Morgan fingerprint density at radius 2 is 2.10 bits per heavy atom. The zero-order chi connectivity index (χ0) is 15.2. The van der Waals surface area contributed by atoms with Crippen LogP contribution in [0.25, 0.3) is 0 Å². The maximum absolute atomic E-state index is 12.3. The number of nitrogens with one attached hydrogen (secondary N) is 1. The van der Waals surface area contributed by atoms with Gasteiger partial charge in [0.05, 0.1) is 15.6 Å². The topological polar surface area (TPSA) is 55.1 Å². The average Bonchev–Trinajstić information content (AvgIpc) is 3.18. The van der Waals surface area contributed by atoms with E-state index in [-0.39, 0.29) is 11.7 Å². The van der Waals surface area contributed by atoms with Crippen LogP contribution in [-0.4, -0.2) is 12.3 Å². The third kappa shape index (κ3) is 2.83. The van der Waals surface area contributed by atoms with Crippen LogP contribution in [-0.2, 0) is 0 Å². The molecule has 116 valence electrons. The van der Waals surface area contributed by atoms with Gasteiger partial charge in [-0.15, -0.1) is 11.3 Å². The van der Waals surface area contributed by atoms with Crippen molar-refractivity contribution in [2.24, 2.45) is 11.3 Å². The Labute approximate surface area is 131 Å². The minimum atomic E-state index is 0.00926. The van der Waals surface area contributed by atoms with Crippen LogP contribution in [0, 0.1) is 11.3 Å². The average molecular weight is 306 g/mol. The van der Waals surface area contributed by atoms with Gasteiger partial charge in [-0.05, 0) is 37.0 Å². The van der Waals surface area contributed by atoms with Gasteiger partial charge in [0, 0.05) is 18.0 Å². The molecule has 2 fully saturated rings. The van der Waals surface area contributed by atoms with Gasteiger partial charge in [0.2, 0.25) is 0 Å². The molecule has 1 heterocycles. The molecule has 0 atom stereocenters. The van der Waals surface area contributed by atoms with Crippen molar-refractivity contribution in [2.75, 3.05) is 17.6 Å². The summed E-state index contributed by atoms with van der Waals surface area (Å²) in [6.45, 7) is 7.24. The summed E-state index contributed by atoms with van der Waals surface area (Å²) in [7, 11) is 0. The van der Waals surface area contributed by atoms with E-state index in [1.165, 1.54) is 37.7 Å². The predicted molar refractivity (Wildman–Crippen MR) is 90.3 cm³/mol. The molecule has 21 heavy (non-hydrogen) atoms. The number of anilines is 2. The van der Waals surface area contributed by atoms with Crippen molar-refractivity contribution < 1.29 is 4.79 Å². The van der Waals surface area contributed by atoms with Crippen molar-refractivity contribution in [1.82, 2.24) is 0 Å². The summed E-state index contributed by atoms with van der Waals surface area (Å²) in [6, 6.07) is 0. The van der Waals surface area contributed by atoms with E-state index < -0.39 is 0 Å². The van der Waals surface area contributed by atoms with Gasteiger partial charge in [-0.2, -0.15) is 0 Å². The highest BCUT2D eigenvalue weighted by atomic mass is 32.1. The number of carbonyl (C=O) groups is 1. The van der Waals surface area contributed by atoms with Crippen LogP contribution in [0.3, 0.4) is 0 Å². The molecule has 4 heteroatoms. The number of rotatable bonds is 6. The quantitative estimate of drug-likeness (QED) is 0.752. The molecule has 0 saturated heterocycles. The van der Waals surface area contributed by atoms with E-state index in [1.54, 1.807) is 11.3 Å². The van der Waals surface area contributed by atoms with Gasteiger partial charge in [0.15, 0.2) is 5.78 Å². The lowest BCUT2D eigenvalue weighted by molar-refractivity contribution is 0.0944. The molecule has 2 aliphatic carbocycles. The molecule has 0 amide bonds. The number of hydrogen-bond acceptors (Lipinski definition) is 4. The first kappa shape index (κ1) is 14.9. The van der Waals surface area contributed by atoms with Crippen LogP contribution in [0.2, 0.25) is 0 Å². The first-order chi connectivity index (χ1) is 9.91. The van der Waals surface area contributed by atoms with Crippen molar-refractivity contribution >= 4 is 27.8 Å². The number of ketones is 1. The van der Waals surface area contributed by atoms with Crippen molar-refractivity contribution in [1.29, 1.82) is 0 Å². The monoisotopic (exact) mass is 306 g/mol. The molecular weight excluding hydrogens is 280 g/mol. The summed E-state index contributed by atoms with van der Waals surface area (Å²) < 4.78 is 0. The predicted octanol–water partition coefficient (Wildman–Crippen LogP) is 4.65. The molecule has 3 N–H and O–H groups in total. The van der Waals surface area contributed by atoms with E-state index in [1.807, 2.05) is 13.8 Å². The molecular formula is C17H26N2OS. The molecule has 0 aromatic carbocycles. The number of nitrogens with two attached hydrogens (primary N) is 1. The van der Waals surface area contributed by atoms with E-state index in [4.69, 9.17) is 5.73 Å². The number of hydrogen-bond donors (Lipinski definition) is 2. The Kier molecular flexibility index (Phi) is 3.76. The van der Waals surface area contributed by atoms with Crippen LogP contribution in [0.1, 0.15) is 74.0 Å². The molecule has 0 radical (unpaired) electrons. The van der Waals surface area contributed by atoms with Crippen LogP contribution in [0.5, 0.6) is 0 Å². The van der Waals surface area contributed by atoms with Crippen molar-refractivity contribution in [3.63, 3.8) is 0 Å². The van der Waals surface area contributed by atoms with Crippen LogP contribution >= 0.6 is 11.3 Å². The zero-order valence-electron chi connectivity index (χ0n) is 13.3. The van der Waals surface area contributed by atoms with Gasteiger partial charge in [-0.25, -0.2) is 0 Å². The Bertz CT molecular complexity index is 553. The van der Waals surface area contributed by atoms with Gasteiger partial charge in [-0.1, -0.05) is 27.2 Å². The lowest BCUT2D eigenvalue weighted by Crippen LogP contribution is -2.33. The number of thiophene rings is 1. The fourth-order valence-electron chi connectivity index (χ4n) is 3.06. The van der Waals surface area contributed by atoms with Crippen molar-refractivity contribution in [2.45, 2.75) is 58.8 Å². The molecule has 0 spiro atoms. The fraction of sp³-hybridized carbons (Fsp3) is 0.706. The number of nitrogen functional groups attached to an aromatic ring is 1. The smallest absolute Gasteiger partial charge is 0.177 e. The van der Waals surface area contributed by atoms with Gasteiger partial charge in [0.1, 0.15) is 0 Å². The maximum atomic E-state index is 12.3. The second kappa shape index (κ2) is 5.31. The summed E-state index contributed by atoms with van der Waals surface area (Å²) in [5.41, 5.74) is 8.73. The Hall–Kier alpha value is -1.03. The highest BCUT2D eigenvalue weighted by Crippen LogP contribution is 2.51. The molecule has 3 nitrogen and oxygen atoms in total. The van der Waals surface area contributed by atoms with E-state index in [0.29, 0.717) is 11.3 Å². The van der Waals surface area contributed by atoms with E-state index in [2.05, 4.69) is 12.2 Å². The maximum Gasteiger partial charge on any atom is 0.177 e. The summed E-state index contributed by atoms with van der Waals surface area (Å²) in [4.78, 5) is 13.1. The van der Waals surface area contributed by atoms with Crippen LogP contribution in [0.4, 0.5) is 10.7 Å². The van der Waals surface area contributed by atoms with Gasteiger partial charge in [-0.3, -0.25) is 4.79 Å². The normalized spacial score (nSPS) is 20.4. The number of Topliss-reactive ketones (excluding diaryl/α,β-unsaturated/α-hetero) is 1. The second-order valence-electron chi connectivity index (χ2n) is 7.40. The lowest BCUT2D eigenvalue weighted by atomic mass is 9.70. The van der Waals surface area contributed by atoms with Crippen molar-refractivity contribution in [3.05, 3.63) is 10.4 Å². The van der Waals surface area contributed by atoms with E-state index in [9.17, 15) is 4.79 Å². The summed E-state index contributed by atoms with van der Waals surface area (Å²) in [6.07, 6.45) is 6.37. The third-order valence-electron chi connectivity index (χ3n) is 4.95. The Balaban J connectivity index is 1.84. The van der Waals surface area contributed by atoms with Crippen molar-refractivity contribution in [3.8, 4) is 0 Å². The Morgan fingerprint density at radius 3 is 2.57 bits per heavy atom. The lowest BCUT2D eigenvalue weighted by Gasteiger charge is -2.38. The molecule has 0 aliphatic heterocycles. The zero-order valence-corrected chi connectivity index (χ0v) is 14.1. The molecule has 3 rings (SSSR count). The fourth-order valence-corrected chi connectivity index (χ4v) is 4.35. The summed E-state index contributed by atoms with van der Waals surface area (Å²) in [5.74, 6) is 0.768. The number of carbonyl (C=O) groups excluding carboxylic acids is 1. The first-order valence-electron chi connectivity index (χ1n) is 8.11. The molecule has 2 aliphatic rings. The van der Waals surface area contributed by atoms with E-state index in [0.717, 1.165) is 22.1 Å². The first-order valence-corrected chi connectivity index (χ1v) is 8.93. The third-order valence-corrected chi connectivity index (χ3v) is 6.15. The summed E-state index contributed by atoms with van der Waals surface area (Å²) >= 11 is 1.58. The minimum Gasteiger partial charge on any atom is -0.397 e. The minimum absolute atomic E-state index is 0.00926. The molecule has 1 aromatic rings. The molecule has 0 unspecified atom stereocenters. The van der Waals surface area contributed by atoms with Crippen LogP contribution < -0.4 is 11.1 Å². The van der Waals surface area contributed by atoms with Gasteiger partial charge >= 0.3 is 0 Å². The van der Waals surface area contributed by atoms with Gasteiger partial charge in [0.25, 0.3) is 0 Å². The van der Waals surface area contributed by atoms with Gasteiger partial charge < -0.3 is 11.1 Å². The Morgan fingerprint density at radius 1 is 1.43 bits per heavy atom. The largest absolute Gasteiger partial charge is 0.397 e. The van der Waals surface area contributed by atoms with E-state index >= 15 is 0 Å². The molecule has 0 bridgehead atoms.